The molecule has 0 radical (unpaired) electrons. The molecule has 24 nitrogen and oxygen atoms in total. The van der Waals surface area contributed by atoms with Crippen molar-refractivity contribution in [1.29, 1.82) is 5.41 Å². The predicted octanol–water partition coefficient (Wildman–Crippen LogP) is 13.2. The Balaban J connectivity index is 0.994. The molecule has 0 fully saturated rings. The topological polar surface area (TPSA) is 364 Å². The molecule has 0 bridgehead atoms. The number of carboxylic acids is 1. The van der Waals surface area contributed by atoms with Crippen LogP contribution in [0.25, 0.3) is 21.9 Å². The van der Waals surface area contributed by atoms with Crippen LogP contribution in [-0.2, 0) is 83.8 Å². The van der Waals surface area contributed by atoms with Gasteiger partial charge in [-0.2, -0.15) is 0 Å². The minimum Gasteiger partial charge on any atom is -0.489 e. The minimum absolute atomic E-state index is 0.0129. The summed E-state index contributed by atoms with van der Waals surface area (Å²) < 4.78 is 42.1. The van der Waals surface area contributed by atoms with Gasteiger partial charge in [-0.25, -0.2) is 17.9 Å². The number of aliphatic carboxylic acids is 1. The van der Waals surface area contributed by atoms with E-state index in [0.29, 0.717) is 54.7 Å². The van der Waals surface area contributed by atoms with E-state index >= 15 is 19.2 Å². The lowest BCUT2D eigenvalue weighted by Gasteiger charge is -2.26. The molecule has 9 rings (SSSR count). The SMILES string of the molecule is CCCCCC[C@H](CC(=O)[C@H](Cc1ccc(OCc2ccccc2Br)cc1)NC(=O)[C@H](Cc1ccccc1)NC(=O)OCC1c2ccccc2-c2ccccc21)C(=O)N[C@H](CCCNC(=N)NS(=O)(=O)c1ccc(C)cc1)C(=O)C[C@@H](Cc1ccc2ccccc2c1)C(=O)NCC(=O)C[C@H](CCC(=O)O)C(=O)N[C@@H](CCCCNCC)C(C)=O. The third kappa shape index (κ3) is 29.1. The normalized spacial score (nSPS) is 13.5. The number of alkyl carbamates (subject to hydrolysis) is 1. The van der Waals surface area contributed by atoms with Gasteiger partial charge in [-0.15, -0.1) is 0 Å². The van der Waals surface area contributed by atoms with Crippen molar-refractivity contribution < 1.29 is 70.9 Å². The number of hydrogen-bond donors (Lipinski definition) is 10. The van der Waals surface area contributed by atoms with Gasteiger partial charge in [0.25, 0.3) is 10.0 Å². The summed E-state index contributed by atoms with van der Waals surface area (Å²) in [4.78, 5) is 144. The van der Waals surface area contributed by atoms with Crippen molar-refractivity contribution in [2.75, 3.05) is 32.8 Å². The number of nitrogens with one attached hydrogen (secondary N) is 9. The average molecular weight is 1710 g/mol. The molecule has 1 aliphatic carbocycles. The zero-order valence-electron chi connectivity index (χ0n) is 68.0. The molecular formula is C93H110BrN9O15S. The summed E-state index contributed by atoms with van der Waals surface area (Å²) in [6, 6.07) is 53.8. The van der Waals surface area contributed by atoms with Gasteiger partial charge in [-0.3, -0.25) is 48.6 Å². The number of amides is 5. The van der Waals surface area contributed by atoms with Gasteiger partial charge in [0.15, 0.2) is 23.1 Å². The molecule has 119 heavy (non-hydrogen) atoms. The molecule has 8 aromatic rings. The van der Waals surface area contributed by atoms with Crippen molar-refractivity contribution in [1.82, 2.24) is 41.9 Å². The number of hydrogen-bond acceptors (Lipinski definition) is 16. The van der Waals surface area contributed by atoms with Crippen molar-refractivity contribution in [3.8, 4) is 16.9 Å². The highest BCUT2D eigenvalue weighted by Gasteiger charge is 2.36. The van der Waals surface area contributed by atoms with Gasteiger partial charge in [-0.1, -0.05) is 225 Å². The average Bonchev–Trinajstić information content (AvgIpc) is 1.62. The Bertz CT molecular complexity index is 4870. The maximum Gasteiger partial charge on any atom is 0.407 e. The lowest BCUT2D eigenvalue weighted by atomic mass is 9.88. The second-order valence-electron chi connectivity index (χ2n) is 30.5. The molecule has 0 unspecified atom stereocenters. The first-order valence-electron chi connectivity index (χ1n) is 41.0. The van der Waals surface area contributed by atoms with Crippen LogP contribution in [0.5, 0.6) is 5.75 Å². The Morgan fingerprint density at radius 1 is 0.521 bits per heavy atom. The lowest BCUT2D eigenvalue weighted by molar-refractivity contribution is -0.138. The summed E-state index contributed by atoms with van der Waals surface area (Å²) in [7, 11) is -4.21. The third-order valence-electron chi connectivity index (χ3n) is 21.4. The fraction of sp³-hybridized carbons (Fsp3) is 0.387. The Kier molecular flexibility index (Phi) is 36.1. The van der Waals surface area contributed by atoms with E-state index in [1.807, 2.05) is 147 Å². The number of ketones is 4. The van der Waals surface area contributed by atoms with Crippen molar-refractivity contribution in [3.05, 3.63) is 238 Å². The molecule has 0 spiro atoms. The van der Waals surface area contributed by atoms with Crippen LogP contribution in [0.2, 0.25) is 0 Å². The minimum atomic E-state index is -4.21. The van der Waals surface area contributed by atoms with Crippen LogP contribution in [0, 0.1) is 30.1 Å². The summed E-state index contributed by atoms with van der Waals surface area (Å²) in [6.07, 6.45) is 1.23. The van der Waals surface area contributed by atoms with E-state index in [1.165, 1.54) is 19.1 Å². The maximum absolute atomic E-state index is 15.7. The van der Waals surface area contributed by atoms with Crippen molar-refractivity contribution >= 4 is 102 Å². The monoisotopic (exact) mass is 1700 g/mol. The highest BCUT2D eigenvalue weighted by atomic mass is 79.9. The second-order valence-corrected chi connectivity index (χ2v) is 33.0. The lowest BCUT2D eigenvalue weighted by Crippen LogP contribution is -2.53. The summed E-state index contributed by atoms with van der Waals surface area (Å²) in [5.74, 6) is -10.1. The maximum atomic E-state index is 15.7. The highest BCUT2D eigenvalue weighted by molar-refractivity contribution is 9.10. The van der Waals surface area contributed by atoms with Gasteiger partial charge in [0.05, 0.1) is 29.6 Å². The number of unbranched alkanes of at least 4 members (excludes halogenated alkanes) is 4. The van der Waals surface area contributed by atoms with Gasteiger partial charge < -0.3 is 51.8 Å². The first-order chi connectivity index (χ1) is 57.3. The molecule has 0 aliphatic heterocycles. The Hall–Kier alpha value is -11.2. The van der Waals surface area contributed by atoms with E-state index in [1.54, 1.807) is 55.5 Å². The number of fused-ring (bicyclic) bond motifs is 4. The van der Waals surface area contributed by atoms with Crippen LogP contribution in [0.1, 0.15) is 162 Å². The predicted molar refractivity (Wildman–Crippen MR) is 462 cm³/mol. The number of benzene rings is 8. The van der Waals surface area contributed by atoms with E-state index in [4.69, 9.17) is 14.9 Å². The second kappa shape index (κ2) is 46.8. The molecule has 1 aliphatic rings. The molecule has 0 aromatic heterocycles. The first kappa shape index (κ1) is 91.7. The first-order valence-corrected chi connectivity index (χ1v) is 43.3. The summed E-state index contributed by atoms with van der Waals surface area (Å²) >= 11 is 3.58. The van der Waals surface area contributed by atoms with Crippen LogP contribution >= 0.6 is 15.9 Å². The van der Waals surface area contributed by atoms with Crippen LogP contribution < -0.4 is 46.7 Å². The largest absolute Gasteiger partial charge is 0.489 e. The quantitative estimate of drug-likeness (QED) is 0.00962. The number of aryl methyl sites for hydroxylation is 1. The smallest absolute Gasteiger partial charge is 0.407 e. The Labute approximate surface area is 705 Å². The van der Waals surface area contributed by atoms with Crippen LogP contribution in [0.3, 0.4) is 0 Å². The van der Waals surface area contributed by atoms with Gasteiger partial charge in [-0.05, 0) is 165 Å². The molecule has 10 N–H and O–H groups in total. The molecule has 5 amide bonds. The fourth-order valence-electron chi connectivity index (χ4n) is 14.7. The van der Waals surface area contributed by atoms with Crippen molar-refractivity contribution in [2.45, 2.75) is 185 Å². The molecule has 7 atom stereocenters. The standard InChI is InChI=1S/C93H110BrN9O15S/c1-5-7-8-12-28-68(56-86(107)83(53-64-40-44-73(45-41-64)117-59-70-29-15-20-34-80(70)94)101-91(113)84(54-63-24-10-9-11-25-63)102-93(114)118-60-79-77-32-18-16-30-75(77)76-31-17-19-33-78(76)79)89(111)100-82(36-23-50-97-92(95)103-119(115,116)74-46-37-61(3)38-47-74)85(106)57-71(52-65-39-42-66-26-13-14-27-67(66)51-65)88(110)98-58-72(105)55-69(43-48-87(108)109)90(112)99-81(62(4)104)35-21-22-49-96-6-2/h9-11,13-20,24-27,29-34,37-42,44-47,51,68-69,71,79,81-84,96H,5-8,12,21-23,28,35-36,43,48-50,52-60H2,1-4H3,(H,98,110)(H,99,112)(H,100,111)(H,101,113)(H,102,114)(H,108,109)(H3,95,97,103)/t68-,69+,71-,81+,82-,83+,84+/m1/s1. The number of carbonyl (C=O) groups excluding carboxylic acids is 9. The van der Waals surface area contributed by atoms with Crippen LogP contribution in [0.4, 0.5) is 4.79 Å². The van der Waals surface area contributed by atoms with Gasteiger partial charge >= 0.3 is 12.1 Å². The number of carboxylic acid groups (broad SMARTS) is 1. The van der Waals surface area contributed by atoms with Gasteiger partial charge in [0.2, 0.25) is 29.6 Å². The van der Waals surface area contributed by atoms with Crippen LogP contribution in [-0.4, -0.2) is 135 Å². The molecule has 0 saturated heterocycles. The van der Waals surface area contributed by atoms with E-state index < -0.39 is 143 Å². The summed E-state index contributed by atoms with van der Waals surface area (Å²) in [5, 5.41) is 40.2. The number of halogens is 1. The van der Waals surface area contributed by atoms with Gasteiger partial charge in [0, 0.05) is 72.4 Å². The van der Waals surface area contributed by atoms with E-state index in [0.717, 1.165) is 74.4 Å². The molecule has 0 heterocycles. The molecule has 26 heteroatoms. The highest BCUT2D eigenvalue weighted by Crippen LogP contribution is 2.44. The van der Waals surface area contributed by atoms with E-state index in [2.05, 4.69) is 57.9 Å². The number of rotatable bonds is 50. The molecule has 630 valence electrons. The molecule has 0 saturated carbocycles. The fourth-order valence-corrected chi connectivity index (χ4v) is 16.1. The van der Waals surface area contributed by atoms with E-state index in [9.17, 15) is 42.3 Å². The molecule has 8 aromatic carbocycles. The number of guanidine groups is 1. The number of ether oxygens (including phenoxy) is 2. The summed E-state index contributed by atoms with van der Waals surface area (Å²) in [6.45, 7) is 8.06. The zero-order valence-corrected chi connectivity index (χ0v) is 70.4. The van der Waals surface area contributed by atoms with E-state index in [-0.39, 0.29) is 81.3 Å². The van der Waals surface area contributed by atoms with Crippen molar-refractivity contribution in [2.24, 2.45) is 17.8 Å². The summed E-state index contributed by atoms with van der Waals surface area (Å²) in [5.41, 5.74) is 7.68. The number of Topliss-reactive ketones (excluding diaryl/α,β-unsaturated/α-hetero) is 4. The molecular weight excluding hydrogens is 1600 g/mol. The zero-order chi connectivity index (χ0) is 85.2. The Morgan fingerprint density at radius 2 is 1.11 bits per heavy atom. The third-order valence-corrected chi connectivity index (χ3v) is 23.5. The number of carbonyl (C=O) groups is 10. The van der Waals surface area contributed by atoms with Gasteiger partial charge in [0.1, 0.15) is 25.0 Å². The Morgan fingerprint density at radius 3 is 1.79 bits per heavy atom. The van der Waals surface area contributed by atoms with Crippen molar-refractivity contribution in [3.63, 3.8) is 0 Å². The number of sulfonamides is 1. The van der Waals surface area contributed by atoms with Crippen LogP contribution in [0.15, 0.2) is 203 Å².